The summed E-state index contributed by atoms with van der Waals surface area (Å²) in [4.78, 5) is 0. The van der Waals surface area contributed by atoms with Gasteiger partial charge in [0.25, 0.3) is 0 Å². The second kappa shape index (κ2) is 5.53. The molecular weight excluding hydrogens is 228 g/mol. The van der Waals surface area contributed by atoms with E-state index in [1.807, 2.05) is 12.1 Å². The van der Waals surface area contributed by atoms with E-state index in [2.05, 4.69) is 72.8 Å². The average molecular weight is 243 g/mol. The van der Waals surface area contributed by atoms with Crippen molar-refractivity contribution in [1.82, 2.24) is 0 Å². The van der Waals surface area contributed by atoms with E-state index in [9.17, 15) is 0 Å². The molecule has 0 saturated carbocycles. The van der Waals surface area contributed by atoms with Gasteiger partial charge >= 0.3 is 0 Å². The Morgan fingerprint density at radius 1 is 0.737 bits per heavy atom. The lowest BCUT2D eigenvalue weighted by molar-refractivity contribution is 1.19. The van der Waals surface area contributed by atoms with Crippen molar-refractivity contribution in [2.45, 2.75) is 6.42 Å². The normalized spacial score (nSPS) is 10.3. The Kier molecular flexibility index (Phi) is 3.42. The number of rotatable bonds is 3. The Labute approximate surface area is 114 Å². The van der Waals surface area contributed by atoms with Crippen LogP contribution in [0.25, 0.3) is 11.1 Å². The largest absolute Gasteiger partial charge is 0.0622 e. The highest BCUT2D eigenvalue weighted by Crippen LogP contribution is 2.25. The molecule has 0 spiro atoms. The van der Waals surface area contributed by atoms with E-state index in [1.54, 1.807) is 0 Å². The minimum Gasteiger partial charge on any atom is -0.0622 e. The maximum absolute atomic E-state index is 3.19. The van der Waals surface area contributed by atoms with Crippen molar-refractivity contribution in [3.05, 3.63) is 96.1 Å². The van der Waals surface area contributed by atoms with Gasteiger partial charge in [-0.15, -0.1) is 0 Å². The fraction of sp³-hybridized carbons (Fsp3) is 0.0526. The zero-order chi connectivity index (χ0) is 12.9. The maximum atomic E-state index is 3.19. The molecule has 0 nitrogen and oxygen atoms in total. The smallest absolute Gasteiger partial charge is 0.00196 e. The standard InChI is InChI=1S/C19H15/c1-3-9-16(10-4-1)15-18-13-7-8-14-19(18)17-11-5-2-6-12-17/h1-7,9-14H,15H2. The summed E-state index contributed by atoms with van der Waals surface area (Å²) in [6, 6.07) is 30.5. The Bertz CT molecular complexity index is 639. The molecule has 3 aromatic rings. The van der Waals surface area contributed by atoms with Gasteiger partial charge in [-0.25, -0.2) is 0 Å². The SMILES string of the molecule is [c]1ccc(Cc2ccccc2)c(-c2ccccc2)c1. The van der Waals surface area contributed by atoms with E-state index in [4.69, 9.17) is 0 Å². The van der Waals surface area contributed by atoms with Crippen LogP contribution in [0.15, 0.2) is 78.9 Å². The lowest BCUT2D eigenvalue weighted by atomic mass is 9.95. The molecule has 1 radical (unpaired) electrons. The van der Waals surface area contributed by atoms with Crippen LogP contribution in [-0.2, 0) is 6.42 Å². The third-order valence-electron chi connectivity index (χ3n) is 3.28. The molecule has 0 aliphatic heterocycles. The van der Waals surface area contributed by atoms with E-state index < -0.39 is 0 Å². The monoisotopic (exact) mass is 243 g/mol. The highest BCUT2D eigenvalue weighted by molar-refractivity contribution is 5.67. The van der Waals surface area contributed by atoms with E-state index in [0.29, 0.717) is 0 Å². The van der Waals surface area contributed by atoms with Gasteiger partial charge in [-0.3, -0.25) is 0 Å². The second-order valence-electron chi connectivity index (χ2n) is 4.61. The Hall–Kier alpha value is -2.34. The van der Waals surface area contributed by atoms with Gasteiger partial charge in [0.1, 0.15) is 0 Å². The molecule has 0 heteroatoms. The van der Waals surface area contributed by atoms with Crippen molar-refractivity contribution in [1.29, 1.82) is 0 Å². The maximum Gasteiger partial charge on any atom is -0.00196 e. The lowest BCUT2D eigenvalue weighted by Crippen LogP contribution is -1.91. The third-order valence-corrected chi connectivity index (χ3v) is 3.28. The third kappa shape index (κ3) is 2.74. The minimum absolute atomic E-state index is 0.958. The molecule has 3 rings (SSSR count). The van der Waals surface area contributed by atoms with Gasteiger partial charge < -0.3 is 0 Å². The van der Waals surface area contributed by atoms with Crippen LogP contribution in [0.4, 0.5) is 0 Å². The molecule has 0 amide bonds. The predicted molar refractivity (Wildman–Crippen MR) is 80.0 cm³/mol. The zero-order valence-corrected chi connectivity index (χ0v) is 10.7. The molecule has 0 aliphatic carbocycles. The molecule has 0 saturated heterocycles. The van der Waals surface area contributed by atoms with E-state index >= 15 is 0 Å². The van der Waals surface area contributed by atoms with Gasteiger partial charge in [0.2, 0.25) is 0 Å². The highest BCUT2D eigenvalue weighted by atomic mass is 14.1. The topological polar surface area (TPSA) is 0 Å². The van der Waals surface area contributed by atoms with Crippen LogP contribution in [0.5, 0.6) is 0 Å². The van der Waals surface area contributed by atoms with Crippen LogP contribution in [-0.4, -0.2) is 0 Å². The molecule has 0 fully saturated rings. The molecule has 0 bridgehead atoms. The Morgan fingerprint density at radius 3 is 2.16 bits per heavy atom. The van der Waals surface area contributed by atoms with Gasteiger partial charge in [0, 0.05) is 0 Å². The predicted octanol–water partition coefficient (Wildman–Crippen LogP) is 4.74. The summed E-state index contributed by atoms with van der Waals surface area (Å²) in [5.74, 6) is 0. The molecule has 0 N–H and O–H groups in total. The van der Waals surface area contributed by atoms with Crippen LogP contribution >= 0.6 is 0 Å². The first kappa shape index (κ1) is 11.7. The summed E-state index contributed by atoms with van der Waals surface area (Å²) >= 11 is 0. The summed E-state index contributed by atoms with van der Waals surface area (Å²) in [5.41, 5.74) is 5.21. The first-order chi connectivity index (χ1) is 9.43. The van der Waals surface area contributed by atoms with E-state index in [-0.39, 0.29) is 0 Å². The van der Waals surface area contributed by atoms with Crippen LogP contribution in [0.2, 0.25) is 0 Å². The van der Waals surface area contributed by atoms with Gasteiger partial charge in [-0.1, -0.05) is 72.8 Å². The number of hydrogen-bond acceptors (Lipinski definition) is 0. The molecule has 19 heavy (non-hydrogen) atoms. The quantitative estimate of drug-likeness (QED) is 0.623. The molecular formula is C19H15. The fourth-order valence-corrected chi connectivity index (χ4v) is 2.32. The zero-order valence-electron chi connectivity index (χ0n) is 10.7. The average Bonchev–Trinajstić information content (AvgIpc) is 2.50. The summed E-state index contributed by atoms with van der Waals surface area (Å²) in [6.45, 7) is 0. The first-order valence-electron chi connectivity index (χ1n) is 6.52. The van der Waals surface area contributed by atoms with Gasteiger partial charge in [-0.2, -0.15) is 0 Å². The van der Waals surface area contributed by atoms with Crippen LogP contribution < -0.4 is 0 Å². The minimum atomic E-state index is 0.958. The van der Waals surface area contributed by atoms with Crippen LogP contribution in [0.1, 0.15) is 11.1 Å². The Balaban J connectivity index is 1.99. The van der Waals surface area contributed by atoms with Crippen LogP contribution in [0.3, 0.4) is 0 Å². The van der Waals surface area contributed by atoms with Gasteiger partial charge in [0.05, 0.1) is 0 Å². The summed E-state index contributed by atoms with van der Waals surface area (Å²) in [5, 5.41) is 0. The molecule has 91 valence electrons. The molecule has 3 aromatic carbocycles. The molecule has 0 atom stereocenters. The molecule has 0 aliphatic rings. The molecule has 0 unspecified atom stereocenters. The van der Waals surface area contributed by atoms with Crippen molar-refractivity contribution in [3.8, 4) is 11.1 Å². The molecule has 0 aromatic heterocycles. The molecule has 0 heterocycles. The lowest BCUT2D eigenvalue weighted by Gasteiger charge is -2.09. The number of benzene rings is 3. The van der Waals surface area contributed by atoms with Crippen molar-refractivity contribution < 1.29 is 0 Å². The van der Waals surface area contributed by atoms with Crippen molar-refractivity contribution in [2.75, 3.05) is 0 Å². The van der Waals surface area contributed by atoms with Crippen molar-refractivity contribution in [2.24, 2.45) is 0 Å². The fourth-order valence-electron chi connectivity index (χ4n) is 2.32. The van der Waals surface area contributed by atoms with Crippen molar-refractivity contribution in [3.63, 3.8) is 0 Å². The van der Waals surface area contributed by atoms with Gasteiger partial charge in [-0.05, 0) is 40.8 Å². The number of hydrogen-bond donors (Lipinski definition) is 0. The second-order valence-corrected chi connectivity index (χ2v) is 4.61. The Morgan fingerprint density at radius 2 is 1.42 bits per heavy atom. The van der Waals surface area contributed by atoms with Gasteiger partial charge in [0.15, 0.2) is 0 Å². The van der Waals surface area contributed by atoms with E-state index in [0.717, 1.165) is 6.42 Å². The van der Waals surface area contributed by atoms with E-state index in [1.165, 1.54) is 22.3 Å². The first-order valence-corrected chi connectivity index (χ1v) is 6.52. The van der Waals surface area contributed by atoms with Crippen molar-refractivity contribution >= 4 is 0 Å². The summed E-state index contributed by atoms with van der Waals surface area (Å²) in [6.07, 6.45) is 0.958. The summed E-state index contributed by atoms with van der Waals surface area (Å²) in [7, 11) is 0. The highest BCUT2D eigenvalue weighted by Gasteiger charge is 2.04. The van der Waals surface area contributed by atoms with Crippen LogP contribution in [0, 0.1) is 6.07 Å². The summed E-state index contributed by atoms with van der Waals surface area (Å²) < 4.78 is 0.